The van der Waals surface area contributed by atoms with E-state index >= 15 is 0 Å². The highest BCUT2D eigenvalue weighted by Gasteiger charge is 2.04. The molecule has 0 atom stereocenters. The monoisotopic (exact) mass is 510 g/mol. The molecule has 0 heterocycles. The van der Waals surface area contributed by atoms with Crippen LogP contribution in [0.25, 0.3) is 0 Å². The van der Waals surface area contributed by atoms with Crippen molar-refractivity contribution in [2.45, 2.75) is 169 Å². The van der Waals surface area contributed by atoms with Crippen LogP contribution in [0.5, 0.6) is 0 Å². The second kappa shape index (κ2) is 27.0. The highest BCUT2D eigenvalue weighted by atomic mass is 16.5. The first-order valence-corrected chi connectivity index (χ1v) is 15.7. The van der Waals surface area contributed by atoms with Gasteiger partial charge in [-0.1, -0.05) is 130 Å². The summed E-state index contributed by atoms with van der Waals surface area (Å²) >= 11 is 0. The van der Waals surface area contributed by atoms with Crippen LogP contribution in [-0.2, 0) is 19.1 Å². The van der Waals surface area contributed by atoms with E-state index in [2.05, 4.69) is 27.7 Å². The third-order valence-electron chi connectivity index (χ3n) is 6.89. The van der Waals surface area contributed by atoms with Crippen molar-refractivity contribution in [2.24, 2.45) is 11.8 Å². The fourth-order valence-corrected chi connectivity index (χ4v) is 4.49. The number of ether oxygens (including phenoxy) is 2. The Balaban J connectivity index is 3.23. The average molecular weight is 511 g/mol. The number of rotatable bonds is 27. The molecule has 0 bridgehead atoms. The lowest BCUT2D eigenvalue weighted by molar-refractivity contribution is -0.144. The molecule has 4 heteroatoms. The molecule has 0 aromatic carbocycles. The van der Waals surface area contributed by atoms with E-state index in [9.17, 15) is 9.59 Å². The predicted octanol–water partition coefficient (Wildman–Crippen LogP) is 9.97. The molecule has 36 heavy (non-hydrogen) atoms. The molecule has 0 amide bonds. The number of carbonyl (C=O) groups is 2. The molecular formula is C32H62O4. The Morgan fingerprint density at radius 3 is 1.00 bits per heavy atom. The van der Waals surface area contributed by atoms with Crippen molar-refractivity contribution < 1.29 is 19.1 Å². The van der Waals surface area contributed by atoms with Crippen LogP contribution in [0.4, 0.5) is 0 Å². The van der Waals surface area contributed by atoms with Gasteiger partial charge in [0.05, 0.1) is 13.2 Å². The van der Waals surface area contributed by atoms with Gasteiger partial charge in [0.1, 0.15) is 0 Å². The minimum atomic E-state index is -0.0109. The van der Waals surface area contributed by atoms with Crippen molar-refractivity contribution in [3.05, 3.63) is 0 Å². The van der Waals surface area contributed by atoms with Crippen LogP contribution >= 0.6 is 0 Å². The molecule has 0 saturated carbocycles. The SMILES string of the molecule is CC(C)CCCCCOC(=O)CCCCCCCCCCCCCCC(=O)OCCCCCC(C)C. The molecular weight excluding hydrogens is 448 g/mol. The van der Waals surface area contributed by atoms with Gasteiger partial charge in [-0.05, 0) is 37.5 Å². The van der Waals surface area contributed by atoms with Gasteiger partial charge in [0.15, 0.2) is 0 Å². The molecule has 0 unspecified atom stereocenters. The highest BCUT2D eigenvalue weighted by molar-refractivity contribution is 5.69. The summed E-state index contributed by atoms with van der Waals surface area (Å²) in [5.41, 5.74) is 0. The number of hydrogen-bond donors (Lipinski definition) is 0. The minimum absolute atomic E-state index is 0.0109. The Labute approximate surface area is 225 Å². The summed E-state index contributed by atoms with van der Waals surface area (Å²) in [6.45, 7) is 10.2. The Morgan fingerprint density at radius 1 is 0.417 bits per heavy atom. The van der Waals surface area contributed by atoms with E-state index in [1.54, 1.807) is 0 Å². The van der Waals surface area contributed by atoms with Crippen LogP contribution in [0.2, 0.25) is 0 Å². The summed E-state index contributed by atoms with van der Waals surface area (Å²) < 4.78 is 10.7. The van der Waals surface area contributed by atoms with Crippen LogP contribution in [0.3, 0.4) is 0 Å². The molecule has 0 rings (SSSR count). The van der Waals surface area contributed by atoms with Gasteiger partial charge in [-0.25, -0.2) is 0 Å². The van der Waals surface area contributed by atoms with E-state index in [1.165, 1.54) is 89.9 Å². The zero-order valence-electron chi connectivity index (χ0n) is 24.8. The maximum Gasteiger partial charge on any atom is 0.305 e. The highest BCUT2D eigenvalue weighted by Crippen LogP contribution is 2.14. The van der Waals surface area contributed by atoms with E-state index in [0.29, 0.717) is 26.1 Å². The maximum absolute atomic E-state index is 11.8. The lowest BCUT2D eigenvalue weighted by Crippen LogP contribution is -2.05. The number of hydrogen-bond acceptors (Lipinski definition) is 4. The van der Waals surface area contributed by atoms with Gasteiger partial charge < -0.3 is 9.47 Å². The van der Waals surface area contributed by atoms with Crippen molar-refractivity contribution in [1.82, 2.24) is 0 Å². The van der Waals surface area contributed by atoms with E-state index in [4.69, 9.17) is 9.47 Å². The normalized spacial score (nSPS) is 11.4. The van der Waals surface area contributed by atoms with Gasteiger partial charge >= 0.3 is 11.9 Å². The zero-order chi connectivity index (χ0) is 26.7. The smallest absolute Gasteiger partial charge is 0.305 e. The van der Waals surface area contributed by atoms with Crippen LogP contribution in [-0.4, -0.2) is 25.2 Å². The first-order valence-electron chi connectivity index (χ1n) is 15.7. The van der Waals surface area contributed by atoms with E-state index in [-0.39, 0.29) is 11.9 Å². The van der Waals surface area contributed by atoms with Gasteiger partial charge in [-0.15, -0.1) is 0 Å². The lowest BCUT2D eigenvalue weighted by atomic mass is 10.0. The summed E-state index contributed by atoms with van der Waals surface area (Å²) in [7, 11) is 0. The third kappa shape index (κ3) is 29.2. The van der Waals surface area contributed by atoms with Gasteiger partial charge in [0.25, 0.3) is 0 Å². The van der Waals surface area contributed by atoms with Gasteiger partial charge in [0.2, 0.25) is 0 Å². The Hall–Kier alpha value is -1.06. The standard InChI is InChI=1S/C32H62O4/c1-29(2)23-17-15-21-27-35-31(33)25-19-13-11-9-7-5-6-8-10-12-14-20-26-32(34)36-28-22-16-18-24-30(3)4/h29-30H,5-28H2,1-4H3. The van der Waals surface area contributed by atoms with Crippen molar-refractivity contribution in [2.75, 3.05) is 13.2 Å². The number of unbranched alkanes of at least 4 members (excludes halogenated alkanes) is 15. The minimum Gasteiger partial charge on any atom is -0.466 e. The molecule has 0 radical (unpaired) electrons. The largest absolute Gasteiger partial charge is 0.466 e. The maximum atomic E-state index is 11.8. The molecule has 0 aromatic rings. The quantitative estimate of drug-likeness (QED) is 0.0814. The van der Waals surface area contributed by atoms with Crippen LogP contribution < -0.4 is 0 Å². The van der Waals surface area contributed by atoms with Gasteiger partial charge in [-0.3, -0.25) is 9.59 Å². The summed E-state index contributed by atoms with van der Waals surface area (Å²) in [6.07, 6.45) is 25.1. The second-order valence-corrected chi connectivity index (χ2v) is 11.7. The van der Waals surface area contributed by atoms with E-state index in [0.717, 1.165) is 50.4 Å². The molecule has 0 N–H and O–H groups in total. The fraction of sp³-hybridized carbons (Fsp3) is 0.938. The summed E-state index contributed by atoms with van der Waals surface area (Å²) in [6, 6.07) is 0. The number of carbonyl (C=O) groups excluding carboxylic acids is 2. The fourth-order valence-electron chi connectivity index (χ4n) is 4.49. The van der Waals surface area contributed by atoms with Gasteiger partial charge in [-0.2, -0.15) is 0 Å². The molecule has 0 aliphatic rings. The predicted molar refractivity (Wildman–Crippen MR) is 153 cm³/mol. The first kappa shape index (κ1) is 34.9. The molecule has 0 fully saturated rings. The average Bonchev–Trinajstić information content (AvgIpc) is 2.83. The third-order valence-corrected chi connectivity index (χ3v) is 6.89. The van der Waals surface area contributed by atoms with Crippen molar-refractivity contribution >= 4 is 11.9 Å². The van der Waals surface area contributed by atoms with Crippen LogP contribution in [0.15, 0.2) is 0 Å². The summed E-state index contributed by atoms with van der Waals surface area (Å²) in [5, 5.41) is 0. The molecule has 0 aliphatic carbocycles. The van der Waals surface area contributed by atoms with E-state index < -0.39 is 0 Å². The Bertz CT molecular complexity index is 443. The topological polar surface area (TPSA) is 52.6 Å². The first-order chi connectivity index (χ1) is 17.4. The van der Waals surface area contributed by atoms with Gasteiger partial charge in [0, 0.05) is 12.8 Å². The molecule has 214 valence electrons. The molecule has 0 aliphatic heterocycles. The summed E-state index contributed by atoms with van der Waals surface area (Å²) in [4.78, 5) is 23.5. The summed E-state index contributed by atoms with van der Waals surface area (Å²) in [5.74, 6) is 1.52. The lowest BCUT2D eigenvalue weighted by Gasteiger charge is -2.06. The number of esters is 2. The van der Waals surface area contributed by atoms with Crippen LogP contribution in [0.1, 0.15) is 169 Å². The molecule has 0 saturated heterocycles. The van der Waals surface area contributed by atoms with E-state index in [1.807, 2.05) is 0 Å². The second-order valence-electron chi connectivity index (χ2n) is 11.7. The van der Waals surface area contributed by atoms with Crippen molar-refractivity contribution in [3.63, 3.8) is 0 Å². The molecule has 0 aromatic heterocycles. The van der Waals surface area contributed by atoms with Crippen LogP contribution in [0, 0.1) is 11.8 Å². The molecule has 0 spiro atoms. The van der Waals surface area contributed by atoms with Crippen molar-refractivity contribution in [3.8, 4) is 0 Å². The Morgan fingerprint density at radius 2 is 0.694 bits per heavy atom. The zero-order valence-corrected chi connectivity index (χ0v) is 24.8. The Kier molecular flexibility index (Phi) is 26.2. The van der Waals surface area contributed by atoms with Crippen molar-refractivity contribution in [1.29, 1.82) is 0 Å². The molecule has 4 nitrogen and oxygen atoms in total.